The van der Waals surface area contributed by atoms with Gasteiger partial charge in [-0.25, -0.2) is 0 Å². The molecule has 1 unspecified atom stereocenters. The largest absolute Gasteiger partial charge is 0.459 e. The van der Waals surface area contributed by atoms with Crippen LogP contribution in [0.2, 0.25) is 0 Å². The smallest absolute Gasteiger partial charge is 0.134 e. The molecule has 3 aromatic rings. The molecule has 6 heteroatoms. The lowest BCUT2D eigenvalue weighted by atomic mass is 10.1. The van der Waals surface area contributed by atoms with Gasteiger partial charge in [0, 0.05) is 23.2 Å². The number of hydrogen-bond donors (Lipinski definition) is 2. The van der Waals surface area contributed by atoms with Crippen LogP contribution in [0.1, 0.15) is 41.2 Å². The molecule has 5 nitrogen and oxygen atoms in total. The molecule has 136 valence electrons. The molecule has 0 radical (unpaired) electrons. The molecule has 25 heavy (non-hydrogen) atoms. The van der Waals surface area contributed by atoms with E-state index in [1.54, 1.807) is 0 Å². The number of fused-ring (bicyclic) bond motifs is 1. The summed E-state index contributed by atoms with van der Waals surface area (Å²) in [5.74, 6) is 0.981. The fourth-order valence-electron chi connectivity index (χ4n) is 3.26. The van der Waals surface area contributed by atoms with Crippen LogP contribution >= 0.6 is 12.4 Å². The highest BCUT2D eigenvalue weighted by Crippen LogP contribution is 2.29. The lowest BCUT2D eigenvalue weighted by molar-refractivity contribution is 0.267. The van der Waals surface area contributed by atoms with Gasteiger partial charge < -0.3 is 14.8 Å². The summed E-state index contributed by atoms with van der Waals surface area (Å²) in [6, 6.07) is 8.24. The summed E-state index contributed by atoms with van der Waals surface area (Å²) in [5, 5.41) is 18.3. The minimum absolute atomic E-state index is 0. The topological polar surface area (TPSA) is 63.2 Å². The van der Waals surface area contributed by atoms with Crippen molar-refractivity contribution in [3.8, 4) is 0 Å². The third kappa shape index (κ3) is 3.73. The van der Waals surface area contributed by atoms with Gasteiger partial charge in [0.2, 0.25) is 0 Å². The third-order valence-electron chi connectivity index (χ3n) is 4.70. The van der Waals surface area contributed by atoms with Gasteiger partial charge in [-0.3, -0.25) is 4.68 Å². The molecular formula is C19H26ClN3O2. The number of aryl methyl sites for hydroxylation is 2. The Balaban J connectivity index is 0.00000225. The van der Waals surface area contributed by atoms with Crippen molar-refractivity contribution in [2.75, 3.05) is 6.61 Å². The molecule has 3 rings (SSSR count). The van der Waals surface area contributed by atoms with Crippen LogP contribution in [-0.2, 0) is 13.1 Å². The first-order valence-electron chi connectivity index (χ1n) is 8.38. The molecule has 0 bridgehead atoms. The van der Waals surface area contributed by atoms with Crippen LogP contribution < -0.4 is 5.32 Å². The number of aliphatic hydroxyl groups is 1. The van der Waals surface area contributed by atoms with E-state index in [4.69, 9.17) is 9.52 Å². The molecule has 0 amide bonds. The van der Waals surface area contributed by atoms with Gasteiger partial charge in [0.25, 0.3) is 0 Å². The summed E-state index contributed by atoms with van der Waals surface area (Å²) in [4.78, 5) is 0. The molecular weight excluding hydrogens is 338 g/mol. The minimum atomic E-state index is 0. The molecule has 1 atom stereocenters. The quantitative estimate of drug-likeness (QED) is 0.698. The van der Waals surface area contributed by atoms with Crippen molar-refractivity contribution < 1.29 is 9.52 Å². The van der Waals surface area contributed by atoms with E-state index in [2.05, 4.69) is 30.3 Å². The molecule has 1 aromatic carbocycles. The standard InChI is InChI=1S/C19H25N3O2.ClH/c1-12-16-7-5-6-8-18(16)24-19(12)14(3)20-11-17-13(2)21-22(9-10-23)15(17)4;/h5-8,14,20,23H,9-11H2,1-4H3;1H. The molecule has 0 saturated carbocycles. The number of furan rings is 1. The van der Waals surface area contributed by atoms with Crippen molar-refractivity contribution in [1.29, 1.82) is 0 Å². The molecule has 2 N–H and O–H groups in total. The van der Waals surface area contributed by atoms with Crippen molar-refractivity contribution in [2.24, 2.45) is 0 Å². The molecule has 2 aromatic heterocycles. The zero-order chi connectivity index (χ0) is 17.3. The van der Waals surface area contributed by atoms with Crippen molar-refractivity contribution in [2.45, 2.75) is 46.8 Å². The average Bonchev–Trinajstić information content (AvgIpc) is 3.04. The minimum Gasteiger partial charge on any atom is -0.459 e. The summed E-state index contributed by atoms with van der Waals surface area (Å²) in [5.41, 5.74) is 5.41. The first kappa shape index (κ1) is 19.5. The predicted octanol–water partition coefficient (Wildman–Crippen LogP) is 3.82. The van der Waals surface area contributed by atoms with Gasteiger partial charge in [-0.05, 0) is 39.3 Å². The van der Waals surface area contributed by atoms with Gasteiger partial charge in [-0.1, -0.05) is 18.2 Å². The third-order valence-corrected chi connectivity index (χ3v) is 4.70. The number of aromatic nitrogens is 2. The summed E-state index contributed by atoms with van der Waals surface area (Å²) >= 11 is 0. The molecule has 0 fully saturated rings. The zero-order valence-electron chi connectivity index (χ0n) is 15.2. The number of nitrogens with zero attached hydrogens (tertiary/aromatic N) is 2. The van der Waals surface area contributed by atoms with Gasteiger partial charge in [0.05, 0.1) is 24.9 Å². The Morgan fingerprint density at radius 1 is 1.24 bits per heavy atom. The summed E-state index contributed by atoms with van der Waals surface area (Å²) in [6.07, 6.45) is 0. The number of rotatable bonds is 6. The van der Waals surface area contributed by atoms with E-state index in [0.29, 0.717) is 6.54 Å². The van der Waals surface area contributed by atoms with Crippen LogP contribution in [0, 0.1) is 20.8 Å². The predicted molar refractivity (Wildman–Crippen MR) is 102 cm³/mol. The fourth-order valence-corrected chi connectivity index (χ4v) is 3.26. The van der Waals surface area contributed by atoms with Crippen molar-refractivity contribution in [3.05, 3.63) is 52.5 Å². The molecule has 0 aliphatic rings. The molecule has 2 heterocycles. The Hall–Kier alpha value is -1.82. The van der Waals surface area contributed by atoms with E-state index in [1.807, 2.05) is 36.7 Å². The second-order valence-corrected chi connectivity index (χ2v) is 6.29. The Kier molecular flexibility index (Phi) is 6.27. The SMILES string of the molecule is Cc1nn(CCO)c(C)c1CNC(C)c1oc2ccccc2c1C.Cl. The Labute approximate surface area is 154 Å². The lowest BCUT2D eigenvalue weighted by Crippen LogP contribution is -2.19. The Morgan fingerprint density at radius 2 is 1.96 bits per heavy atom. The summed E-state index contributed by atoms with van der Waals surface area (Å²) in [6.45, 7) is 9.64. The number of halogens is 1. The summed E-state index contributed by atoms with van der Waals surface area (Å²) in [7, 11) is 0. The number of para-hydroxylation sites is 1. The van der Waals surface area contributed by atoms with E-state index in [-0.39, 0.29) is 25.1 Å². The van der Waals surface area contributed by atoms with Crippen molar-refractivity contribution in [3.63, 3.8) is 0 Å². The van der Waals surface area contributed by atoms with E-state index >= 15 is 0 Å². The zero-order valence-corrected chi connectivity index (χ0v) is 16.0. The highest BCUT2D eigenvalue weighted by Gasteiger charge is 2.18. The molecule has 0 aliphatic carbocycles. The van der Waals surface area contributed by atoms with Crippen molar-refractivity contribution >= 4 is 23.4 Å². The van der Waals surface area contributed by atoms with Crippen LogP contribution in [0.3, 0.4) is 0 Å². The second kappa shape index (κ2) is 8.04. The van der Waals surface area contributed by atoms with Crippen LogP contribution in [0.4, 0.5) is 0 Å². The molecule has 0 aliphatic heterocycles. The summed E-state index contributed by atoms with van der Waals surface area (Å²) < 4.78 is 7.90. The van der Waals surface area contributed by atoms with E-state index in [0.717, 1.165) is 29.3 Å². The number of hydrogen-bond acceptors (Lipinski definition) is 4. The maximum Gasteiger partial charge on any atom is 0.134 e. The second-order valence-electron chi connectivity index (χ2n) is 6.29. The maximum absolute atomic E-state index is 9.12. The first-order valence-corrected chi connectivity index (χ1v) is 8.38. The van der Waals surface area contributed by atoms with Gasteiger partial charge in [-0.2, -0.15) is 5.10 Å². The maximum atomic E-state index is 9.12. The highest BCUT2D eigenvalue weighted by atomic mass is 35.5. The number of aliphatic hydroxyl groups excluding tert-OH is 1. The van der Waals surface area contributed by atoms with Gasteiger partial charge >= 0.3 is 0 Å². The molecule has 0 spiro atoms. The normalized spacial score (nSPS) is 12.4. The van der Waals surface area contributed by atoms with Gasteiger partial charge in [-0.15, -0.1) is 12.4 Å². The van der Waals surface area contributed by atoms with E-state index < -0.39 is 0 Å². The van der Waals surface area contributed by atoms with E-state index in [1.165, 1.54) is 16.5 Å². The van der Waals surface area contributed by atoms with Crippen LogP contribution in [-0.4, -0.2) is 21.5 Å². The Morgan fingerprint density at radius 3 is 2.64 bits per heavy atom. The highest BCUT2D eigenvalue weighted by molar-refractivity contribution is 5.85. The number of benzene rings is 1. The first-order chi connectivity index (χ1) is 11.5. The van der Waals surface area contributed by atoms with Crippen LogP contribution in [0.15, 0.2) is 28.7 Å². The molecule has 0 saturated heterocycles. The van der Waals surface area contributed by atoms with Crippen LogP contribution in [0.5, 0.6) is 0 Å². The van der Waals surface area contributed by atoms with Gasteiger partial charge in [0.15, 0.2) is 0 Å². The van der Waals surface area contributed by atoms with E-state index in [9.17, 15) is 0 Å². The fraction of sp³-hybridized carbons (Fsp3) is 0.421. The number of nitrogens with one attached hydrogen (secondary N) is 1. The lowest BCUT2D eigenvalue weighted by Gasteiger charge is -2.13. The monoisotopic (exact) mass is 363 g/mol. The average molecular weight is 364 g/mol. The van der Waals surface area contributed by atoms with Crippen molar-refractivity contribution in [1.82, 2.24) is 15.1 Å². The Bertz CT molecular complexity index is 854. The van der Waals surface area contributed by atoms with Crippen LogP contribution in [0.25, 0.3) is 11.0 Å². The van der Waals surface area contributed by atoms with Gasteiger partial charge in [0.1, 0.15) is 11.3 Å².